The molecular weight excluding hydrogens is 488 g/mol. The Kier molecular flexibility index (Phi) is 6.65. The average Bonchev–Trinajstić information content (AvgIpc) is 3.08. The maximum absolute atomic E-state index is 13.2. The summed E-state index contributed by atoms with van der Waals surface area (Å²) in [5, 5.41) is 11.7. The fraction of sp³-hybridized carbons (Fsp3) is 0.643. The third-order valence-corrected chi connectivity index (χ3v) is 9.01. The van der Waals surface area contributed by atoms with Crippen LogP contribution in [0.4, 0.5) is 4.79 Å². The summed E-state index contributed by atoms with van der Waals surface area (Å²) in [6.45, 7) is 8.39. The van der Waals surface area contributed by atoms with Crippen LogP contribution in [0.15, 0.2) is 23.0 Å². The van der Waals surface area contributed by atoms with Crippen LogP contribution in [-0.4, -0.2) is 62.8 Å². The van der Waals surface area contributed by atoms with Crippen molar-refractivity contribution in [3.63, 3.8) is 0 Å². The number of imide groups is 1. The standard InChI is InChI=1S/C28H38N4O6/c1-27(2,3)23-20(16-28(23)11-13-31(14-12-28)26(36)37)38-15-10-17-6-5-7-18-22(17)30(4)25(35)32(18)19-8-9-21(33)29-24(19)34/h5-7,19-20,23H,8-16H2,1-4H3,(H,36,37)(H,29,33,34). The first-order chi connectivity index (χ1) is 17.9. The lowest BCUT2D eigenvalue weighted by molar-refractivity contribution is -0.198. The molecule has 3 unspecified atom stereocenters. The van der Waals surface area contributed by atoms with E-state index in [0.29, 0.717) is 44.0 Å². The van der Waals surface area contributed by atoms with Crippen molar-refractivity contribution in [3.05, 3.63) is 34.2 Å². The van der Waals surface area contributed by atoms with E-state index in [9.17, 15) is 24.3 Å². The maximum atomic E-state index is 13.2. The fourth-order valence-electron chi connectivity index (χ4n) is 7.44. The number of piperidine rings is 2. The van der Waals surface area contributed by atoms with Gasteiger partial charge in [-0.25, -0.2) is 9.59 Å². The molecule has 3 atom stereocenters. The molecule has 0 radical (unpaired) electrons. The highest BCUT2D eigenvalue weighted by molar-refractivity contribution is 6.00. The number of fused-ring (bicyclic) bond motifs is 1. The van der Waals surface area contributed by atoms with Gasteiger partial charge in [-0.1, -0.05) is 32.9 Å². The van der Waals surface area contributed by atoms with Gasteiger partial charge < -0.3 is 14.7 Å². The first-order valence-corrected chi connectivity index (χ1v) is 13.5. The van der Waals surface area contributed by atoms with E-state index in [4.69, 9.17) is 4.74 Å². The molecule has 206 valence electrons. The summed E-state index contributed by atoms with van der Waals surface area (Å²) in [7, 11) is 1.71. The van der Waals surface area contributed by atoms with E-state index in [1.807, 2.05) is 18.2 Å². The number of imidazole rings is 1. The predicted molar refractivity (Wildman–Crippen MR) is 141 cm³/mol. The van der Waals surface area contributed by atoms with E-state index in [-0.39, 0.29) is 35.0 Å². The molecule has 2 saturated heterocycles. The molecule has 5 rings (SSSR count). The number of carbonyl (C=O) groups is 3. The SMILES string of the molecule is Cn1c(=O)n(C2CCC(=O)NC2=O)c2cccc(CCOC3CC4(CCN(C(=O)O)CC4)C3C(C)(C)C)c21. The van der Waals surface area contributed by atoms with E-state index in [2.05, 4.69) is 26.1 Å². The van der Waals surface area contributed by atoms with Gasteiger partial charge in [0.05, 0.1) is 23.7 Å². The third-order valence-electron chi connectivity index (χ3n) is 9.01. The number of para-hydroxylation sites is 1. The van der Waals surface area contributed by atoms with Crippen molar-refractivity contribution < 1.29 is 24.2 Å². The third kappa shape index (κ3) is 4.42. The van der Waals surface area contributed by atoms with Crippen molar-refractivity contribution in [2.45, 2.75) is 71.4 Å². The summed E-state index contributed by atoms with van der Waals surface area (Å²) < 4.78 is 9.56. The quantitative estimate of drug-likeness (QED) is 0.578. The normalized spacial score (nSPS) is 25.5. The number of carbonyl (C=O) groups excluding carboxylic acids is 2. The van der Waals surface area contributed by atoms with Crippen molar-refractivity contribution in [2.75, 3.05) is 19.7 Å². The van der Waals surface area contributed by atoms with Gasteiger partial charge in [-0.05, 0) is 60.5 Å². The van der Waals surface area contributed by atoms with Gasteiger partial charge in [0.1, 0.15) is 6.04 Å². The second kappa shape index (κ2) is 9.55. The molecule has 38 heavy (non-hydrogen) atoms. The van der Waals surface area contributed by atoms with Crippen LogP contribution in [0.25, 0.3) is 11.0 Å². The summed E-state index contributed by atoms with van der Waals surface area (Å²) in [6.07, 6.45) is 3.09. The largest absolute Gasteiger partial charge is 0.465 e. The molecule has 1 aromatic heterocycles. The zero-order chi connectivity index (χ0) is 27.4. The lowest BCUT2D eigenvalue weighted by Gasteiger charge is -2.62. The minimum Gasteiger partial charge on any atom is -0.465 e. The lowest BCUT2D eigenvalue weighted by Crippen LogP contribution is -2.61. The Hall–Kier alpha value is -3.14. The number of nitrogens with zero attached hydrogens (tertiary/aromatic N) is 3. The molecule has 3 fully saturated rings. The van der Waals surface area contributed by atoms with Crippen molar-refractivity contribution in [2.24, 2.45) is 23.8 Å². The molecule has 1 saturated carbocycles. The lowest BCUT2D eigenvalue weighted by atomic mass is 9.47. The Labute approximate surface area is 221 Å². The van der Waals surface area contributed by atoms with Crippen LogP contribution < -0.4 is 11.0 Å². The molecule has 10 heteroatoms. The molecule has 1 spiro atoms. The monoisotopic (exact) mass is 526 g/mol. The fourth-order valence-corrected chi connectivity index (χ4v) is 7.44. The van der Waals surface area contributed by atoms with Crippen LogP contribution in [0.2, 0.25) is 0 Å². The number of ether oxygens (including phenoxy) is 1. The number of aryl methyl sites for hydroxylation is 1. The molecule has 2 aliphatic heterocycles. The second-order valence-corrected chi connectivity index (χ2v) is 12.3. The molecule has 3 amide bonds. The summed E-state index contributed by atoms with van der Waals surface area (Å²) in [5.41, 5.74) is 2.33. The smallest absolute Gasteiger partial charge is 0.407 e. The first kappa shape index (κ1) is 26.5. The molecule has 3 aliphatic rings. The Bertz CT molecular complexity index is 1330. The molecule has 2 N–H and O–H groups in total. The number of benzene rings is 1. The molecule has 1 aliphatic carbocycles. The van der Waals surface area contributed by atoms with Crippen LogP contribution in [0.5, 0.6) is 0 Å². The van der Waals surface area contributed by atoms with E-state index in [1.165, 1.54) is 9.47 Å². The molecule has 0 bridgehead atoms. The molecule has 2 aromatic rings. The van der Waals surface area contributed by atoms with Crippen LogP contribution in [0, 0.1) is 16.7 Å². The van der Waals surface area contributed by atoms with Crippen LogP contribution in [-0.2, 0) is 27.8 Å². The highest BCUT2D eigenvalue weighted by Gasteiger charge is 2.59. The van der Waals surface area contributed by atoms with Gasteiger partial charge in [0.15, 0.2) is 0 Å². The summed E-state index contributed by atoms with van der Waals surface area (Å²) in [6, 6.07) is 5.03. The molecule has 3 heterocycles. The number of hydrogen-bond acceptors (Lipinski definition) is 5. The molecular formula is C28H38N4O6. The number of rotatable bonds is 5. The number of likely N-dealkylation sites (tertiary alicyclic amines) is 1. The number of hydrogen-bond donors (Lipinski definition) is 2. The Morgan fingerprint density at radius 2 is 1.89 bits per heavy atom. The Morgan fingerprint density at radius 3 is 2.53 bits per heavy atom. The number of aromatic nitrogens is 2. The summed E-state index contributed by atoms with van der Waals surface area (Å²) in [4.78, 5) is 50.2. The number of amides is 3. The maximum Gasteiger partial charge on any atom is 0.407 e. The molecule has 1 aromatic carbocycles. The zero-order valence-corrected chi connectivity index (χ0v) is 22.7. The van der Waals surface area contributed by atoms with Crippen molar-refractivity contribution in [1.82, 2.24) is 19.4 Å². The summed E-state index contributed by atoms with van der Waals surface area (Å²) in [5.74, 6) is -0.401. The van der Waals surface area contributed by atoms with Gasteiger partial charge in [0.2, 0.25) is 11.8 Å². The van der Waals surface area contributed by atoms with Crippen LogP contribution in [0.1, 0.15) is 64.5 Å². The van der Waals surface area contributed by atoms with Gasteiger partial charge >= 0.3 is 11.8 Å². The topological polar surface area (TPSA) is 123 Å². The average molecular weight is 527 g/mol. The minimum atomic E-state index is -0.839. The van der Waals surface area contributed by atoms with Gasteiger partial charge in [-0.2, -0.15) is 0 Å². The number of carboxylic acid groups (broad SMARTS) is 1. The van der Waals surface area contributed by atoms with E-state index in [1.54, 1.807) is 11.6 Å². The van der Waals surface area contributed by atoms with E-state index >= 15 is 0 Å². The van der Waals surface area contributed by atoms with Crippen LogP contribution >= 0.6 is 0 Å². The van der Waals surface area contributed by atoms with Crippen molar-refractivity contribution in [3.8, 4) is 0 Å². The van der Waals surface area contributed by atoms with Crippen LogP contribution in [0.3, 0.4) is 0 Å². The van der Waals surface area contributed by atoms with Gasteiger partial charge in [-0.3, -0.25) is 24.0 Å². The first-order valence-electron chi connectivity index (χ1n) is 13.5. The predicted octanol–water partition coefficient (Wildman–Crippen LogP) is 3.07. The second-order valence-electron chi connectivity index (χ2n) is 12.3. The highest BCUT2D eigenvalue weighted by Crippen LogP contribution is 2.61. The minimum absolute atomic E-state index is 0.0391. The van der Waals surface area contributed by atoms with E-state index < -0.39 is 18.0 Å². The Morgan fingerprint density at radius 1 is 1.18 bits per heavy atom. The Balaban J connectivity index is 1.31. The number of nitrogens with one attached hydrogen (secondary N) is 1. The highest BCUT2D eigenvalue weighted by atomic mass is 16.5. The summed E-state index contributed by atoms with van der Waals surface area (Å²) >= 11 is 0. The van der Waals surface area contributed by atoms with E-state index in [0.717, 1.165) is 30.3 Å². The molecule has 10 nitrogen and oxygen atoms in total. The zero-order valence-electron chi connectivity index (χ0n) is 22.7. The van der Waals surface area contributed by atoms with Gasteiger partial charge in [0, 0.05) is 26.6 Å². The van der Waals surface area contributed by atoms with Crippen molar-refractivity contribution >= 4 is 28.9 Å². The van der Waals surface area contributed by atoms with Gasteiger partial charge in [0.25, 0.3) is 0 Å². The van der Waals surface area contributed by atoms with Gasteiger partial charge in [-0.15, -0.1) is 0 Å². The van der Waals surface area contributed by atoms with Crippen molar-refractivity contribution in [1.29, 1.82) is 0 Å².